The molecule has 0 saturated carbocycles. The van der Waals surface area contributed by atoms with E-state index in [1.165, 1.54) is 11.9 Å². The Morgan fingerprint density at radius 3 is 2.74 bits per heavy atom. The van der Waals surface area contributed by atoms with Gasteiger partial charge in [0.05, 0.1) is 17.6 Å². The zero-order valence-corrected chi connectivity index (χ0v) is 15.8. The van der Waals surface area contributed by atoms with Crippen molar-refractivity contribution < 1.29 is 0 Å². The van der Waals surface area contributed by atoms with Crippen LogP contribution in [0, 0.1) is 0 Å². The van der Waals surface area contributed by atoms with Gasteiger partial charge in [-0.3, -0.25) is 9.69 Å². The summed E-state index contributed by atoms with van der Waals surface area (Å²) in [4.78, 5) is 28.3. The van der Waals surface area contributed by atoms with Crippen molar-refractivity contribution in [1.29, 1.82) is 0 Å². The SMILES string of the molecule is CCCCn1c(CN2CCN(c3ncc[nH]c3=O)CC2)nc2ccccc21. The highest BCUT2D eigenvalue weighted by Crippen LogP contribution is 2.19. The fourth-order valence-corrected chi connectivity index (χ4v) is 3.70. The van der Waals surface area contributed by atoms with Gasteiger partial charge in [-0.2, -0.15) is 0 Å². The van der Waals surface area contributed by atoms with E-state index in [-0.39, 0.29) is 5.56 Å². The summed E-state index contributed by atoms with van der Waals surface area (Å²) >= 11 is 0. The average molecular weight is 366 g/mol. The largest absolute Gasteiger partial charge is 0.349 e. The van der Waals surface area contributed by atoms with E-state index in [1.807, 2.05) is 6.07 Å². The number of H-pyrrole nitrogens is 1. The minimum atomic E-state index is -0.118. The maximum atomic E-state index is 11.9. The number of para-hydroxylation sites is 2. The van der Waals surface area contributed by atoms with E-state index in [4.69, 9.17) is 4.98 Å². The van der Waals surface area contributed by atoms with Gasteiger partial charge in [0.15, 0.2) is 5.82 Å². The van der Waals surface area contributed by atoms with Crippen molar-refractivity contribution >= 4 is 16.9 Å². The van der Waals surface area contributed by atoms with Crippen LogP contribution in [0.25, 0.3) is 11.0 Å². The van der Waals surface area contributed by atoms with Crippen molar-refractivity contribution in [3.05, 3.63) is 52.8 Å². The van der Waals surface area contributed by atoms with Crippen molar-refractivity contribution in [2.24, 2.45) is 0 Å². The Kier molecular flexibility index (Phi) is 5.20. The Morgan fingerprint density at radius 1 is 1.15 bits per heavy atom. The number of aromatic amines is 1. The van der Waals surface area contributed by atoms with Gasteiger partial charge >= 0.3 is 0 Å². The van der Waals surface area contributed by atoms with E-state index < -0.39 is 0 Å². The molecule has 0 bridgehead atoms. The lowest BCUT2D eigenvalue weighted by atomic mass is 10.3. The standard InChI is InChI=1S/C20H26N6O/c1-2-3-10-26-17-7-5-4-6-16(17)23-18(26)15-24-11-13-25(14-12-24)19-20(27)22-9-8-21-19/h4-9H,2-3,10-15H2,1H3,(H,22,27). The number of imidazole rings is 1. The molecule has 1 N–H and O–H groups in total. The number of fused-ring (bicyclic) bond motifs is 1. The van der Waals surface area contributed by atoms with Gasteiger partial charge in [-0.15, -0.1) is 0 Å². The highest BCUT2D eigenvalue weighted by Gasteiger charge is 2.22. The van der Waals surface area contributed by atoms with Gasteiger partial charge in [0.1, 0.15) is 5.82 Å². The van der Waals surface area contributed by atoms with E-state index in [0.29, 0.717) is 5.82 Å². The number of hydrogen-bond donors (Lipinski definition) is 1. The molecule has 142 valence electrons. The fraction of sp³-hybridized carbons (Fsp3) is 0.450. The molecule has 3 aromatic rings. The molecule has 1 aliphatic rings. The summed E-state index contributed by atoms with van der Waals surface area (Å²) in [7, 11) is 0. The number of rotatable bonds is 6. The molecule has 27 heavy (non-hydrogen) atoms. The Labute approximate surface area is 158 Å². The summed E-state index contributed by atoms with van der Waals surface area (Å²) in [6, 6.07) is 8.38. The maximum absolute atomic E-state index is 11.9. The van der Waals surface area contributed by atoms with Gasteiger partial charge in [-0.05, 0) is 18.6 Å². The lowest BCUT2D eigenvalue weighted by Gasteiger charge is -2.34. The third-order valence-corrected chi connectivity index (χ3v) is 5.19. The molecule has 1 aromatic carbocycles. The van der Waals surface area contributed by atoms with Crippen molar-refractivity contribution in [2.45, 2.75) is 32.9 Å². The summed E-state index contributed by atoms with van der Waals surface area (Å²) in [5.74, 6) is 1.65. The van der Waals surface area contributed by atoms with Crippen LogP contribution in [0.4, 0.5) is 5.82 Å². The molecule has 0 aliphatic carbocycles. The molecule has 0 radical (unpaired) electrons. The minimum absolute atomic E-state index is 0.118. The smallest absolute Gasteiger partial charge is 0.290 e. The first kappa shape index (κ1) is 17.7. The van der Waals surface area contributed by atoms with Crippen LogP contribution in [0.2, 0.25) is 0 Å². The van der Waals surface area contributed by atoms with Crippen LogP contribution in [-0.2, 0) is 13.1 Å². The van der Waals surface area contributed by atoms with Gasteiger partial charge in [0.2, 0.25) is 0 Å². The van der Waals surface area contributed by atoms with Crippen LogP contribution in [0.1, 0.15) is 25.6 Å². The lowest BCUT2D eigenvalue weighted by molar-refractivity contribution is 0.240. The van der Waals surface area contributed by atoms with E-state index in [0.717, 1.165) is 57.0 Å². The Bertz CT molecular complexity index is 954. The molecular weight excluding hydrogens is 340 g/mol. The Balaban J connectivity index is 1.47. The van der Waals surface area contributed by atoms with Crippen molar-refractivity contribution in [1.82, 2.24) is 24.4 Å². The van der Waals surface area contributed by atoms with E-state index in [2.05, 4.69) is 49.5 Å². The van der Waals surface area contributed by atoms with Crippen LogP contribution in [-0.4, -0.2) is 50.6 Å². The zero-order valence-electron chi connectivity index (χ0n) is 15.8. The third kappa shape index (κ3) is 3.73. The van der Waals surface area contributed by atoms with Gasteiger partial charge in [0, 0.05) is 45.1 Å². The van der Waals surface area contributed by atoms with Crippen molar-refractivity contribution in [3.8, 4) is 0 Å². The van der Waals surface area contributed by atoms with Crippen molar-refractivity contribution in [3.63, 3.8) is 0 Å². The molecule has 1 saturated heterocycles. The number of benzene rings is 1. The first-order valence-corrected chi connectivity index (χ1v) is 9.71. The van der Waals surface area contributed by atoms with Crippen LogP contribution < -0.4 is 10.5 Å². The fourth-order valence-electron chi connectivity index (χ4n) is 3.70. The molecule has 1 fully saturated rings. The third-order valence-electron chi connectivity index (χ3n) is 5.19. The molecule has 0 atom stereocenters. The summed E-state index contributed by atoms with van der Waals surface area (Å²) in [6.45, 7) is 7.46. The number of aromatic nitrogens is 4. The number of piperazine rings is 1. The number of unbranched alkanes of at least 4 members (excludes halogenated alkanes) is 1. The molecule has 2 aromatic heterocycles. The molecule has 1 aliphatic heterocycles. The Morgan fingerprint density at radius 2 is 1.96 bits per heavy atom. The van der Waals surface area contributed by atoms with E-state index >= 15 is 0 Å². The normalized spacial score (nSPS) is 15.5. The number of aryl methyl sites for hydroxylation is 1. The molecule has 0 amide bonds. The van der Waals surface area contributed by atoms with Gasteiger partial charge < -0.3 is 14.5 Å². The number of nitrogens with zero attached hydrogens (tertiary/aromatic N) is 5. The molecular formula is C20H26N6O. The number of nitrogens with one attached hydrogen (secondary N) is 1. The highest BCUT2D eigenvalue weighted by molar-refractivity contribution is 5.75. The van der Waals surface area contributed by atoms with Crippen LogP contribution >= 0.6 is 0 Å². The van der Waals surface area contributed by atoms with E-state index in [9.17, 15) is 4.79 Å². The van der Waals surface area contributed by atoms with Gasteiger partial charge in [0.25, 0.3) is 5.56 Å². The van der Waals surface area contributed by atoms with Crippen LogP contribution in [0.5, 0.6) is 0 Å². The predicted molar refractivity (Wildman–Crippen MR) is 107 cm³/mol. The summed E-state index contributed by atoms with van der Waals surface area (Å²) in [5, 5.41) is 0. The molecule has 7 nitrogen and oxygen atoms in total. The summed E-state index contributed by atoms with van der Waals surface area (Å²) < 4.78 is 2.37. The average Bonchev–Trinajstić information content (AvgIpc) is 3.04. The molecule has 0 spiro atoms. The van der Waals surface area contributed by atoms with Gasteiger partial charge in [-0.1, -0.05) is 25.5 Å². The lowest BCUT2D eigenvalue weighted by Crippen LogP contribution is -2.48. The molecule has 3 heterocycles. The zero-order chi connectivity index (χ0) is 18.6. The van der Waals surface area contributed by atoms with Gasteiger partial charge in [-0.25, -0.2) is 9.97 Å². The molecule has 7 heteroatoms. The number of hydrogen-bond acceptors (Lipinski definition) is 5. The Hall–Kier alpha value is -2.67. The second-order valence-electron chi connectivity index (χ2n) is 7.03. The highest BCUT2D eigenvalue weighted by atomic mass is 16.1. The van der Waals surface area contributed by atoms with Crippen LogP contribution in [0.3, 0.4) is 0 Å². The summed E-state index contributed by atoms with van der Waals surface area (Å²) in [6.07, 6.45) is 5.54. The second-order valence-corrected chi connectivity index (χ2v) is 7.03. The molecule has 0 unspecified atom stereocenters. The number of anilines is 1. The first-order valence-electron chi connectivity index (χ1n) is 9.71. The topological polar surface area (TPSA) is 70.1 Å². The maximum Gasteiger partial charge on any atom is 0.290 e. The quantitative estimate of drug-likeness (QED) is 0.725. The van der Waals surface area contributed by atoms with Crippen molar-refractivity contribution in [2.75, 3.05) is 31.1 Å². The first-order chi connectivity index (χ1) is 13.3. The summed E-state index contributed by atoms with van der Waals surface area (Å²) in [5.41, 5.74) is 2.18. The minimum Gasteiger partial charge on any atom is -0.349 e. The monoisotopic (exact) mass is 366 g/mol. The second kappa shape index (κ2) is 7.92. The molecule has 4 rings (SSSR count). The predicted octanol–water partition coefficient (Wildman–Crippen LogP) is 2.24. The van der Waals surface area contributed by atoms with E-state index in [1.54, 1.807) is 12.4 Å². The van der Waals surface area contributed by atoms with Crippen LogP contribution in [0.15, 0.2) is 41.5 Å².